The third-order valence-corrected chi connectivity index (χ3v) is 6.45. The van der Waals surface area contributed by atoms with Crippen molar-refractivity contribution in [2.75, 3.05) is 18.4 Å². The molecule has 3 aliphatic rings. The van der Waals surface area contributed by atoms with E-state index in [-0.39, 0.29) is 11.9 Å². The summed E-state index contributed by atoms with van der Waals surface area (Å²) in [6.07, 6.45) is 4.65. The van der Waals surface area contributed by atoms with Gasteiger partial charge in [-0.15, -0.1) is 0 Å². The predicted molar refractivity (Wildman–Crippen MR) is 89.3 cm³/mol. The van der Waals surface area contributed by atoms with Gasteiger partial charge in [-0.2, -0.15) is 0 Å². The van der Waals surface area contributed by atoms with Gasteiger partial charge in [-0.25, -0.2) is 0 Å². The lowest BCUT2D eigenvalue weighted by atomic mass is 9.68. The highest BCUT2D eigenvalue weighted by Crippen LogP contribution is 2.52. The van der Waals surface area contributed by atoms with Gasteiger partial charge in [-0.3, -0.25) is 9.69 Å². The highest BCUT2D eigenvalue weighted by Gasteiger charge is 2.59. The zero-order valence-electron chi connectivity index (χ0n) is 13.6. The fourth-order valence-corrected chi connectivity index (χ4v) is 5.24. The first-order valence-electron chi connectivity index (χ1n) is 8.79. The maximum absolute atomic E-state index is 12.9. The summed E-state index contributed by atoms with van der Waals surface area (Å²) in [4.78, 5) is 26.5. The molecule has 4 nitrogen and oxygen atoms in total. The van der Waals surface area contributed by atoms with Crippen LogP contribution in [0.25, 0.3) is 0 Å². The van der Waals surface area contributed by atoms with Crippen molar-refractivity contribution in [1.82, 2.24) is 4.90 Å². The van der Waals surface area contributed by atoms with Crippen molar-refractivity contribution in [3.8, 4) is 0 Å². The normalized spacial score (nSPS) is 35.9. The molecular formula is C19H24N2O2. The van der Waals surface area contributed by atoms with E-state index in [4.69, 9.17) is 0 Å². The fraction of sp³-hybridized carbons (Fsp3) is 0.579. The molecule has 1 aromatic carbocycles. The number of carbonyl (C=O) groups excluding carboxylic acids is 2. The number of carbonyl (C=O) groups is 2. The van der Waals surface area contributed by atoms with Gasteiger partial charge in [0.25, 0.3) is 0 Å². The van der Waals surface area contributed by atoms with E-state index in [0.29, 0.717) is 18.3 Å². The van der Waals surface area contributed by atoms with Crippen molar-refractivity contribution in [2.45, 2.75) is 44.1 Å². The maximum Gasteiger partial charge on any atom is 0.236 e. The van der Waals surface area contributed by atoms with Gasteiger partial charge >= 0.3 is 0 Å². The smallest absolute Gasteiger partial charge is 0.236 e. The number of piperidine rings is 1. The number of benzene rings is 1. The molecule has 1 amide bonds. The molecule has 1 aromatic rings. The third-order valence-electron chi connectivity index (χ3n) is 6.45. The fourth-order valence-electron chi connectivity index (χ4n) is 5.24. The molecule has 1 spiro atoms. The Labute approximate surface area is 137 Å². The summed E-state index contributed by atoms with van der Waals surface area (Å²) in [5.74, 6) is 1.14. The van der Waals surface area contributed by atoms with Crippen LogP contribution < -0.4 is 5.32 Å². The van der Waals surface area contributed by atoms with Crippen LogP contribution in [0.5, 0.6) is 0 Å². The number of anilines is 1. The van der Waals surface area contributed by atoms with Crippen LogP contribution in [0.15, 0.2) is 24.3 Å². The lowest BCUT2D eigenvalue weighted by Crippen LogP contribution is -2.53. The average Bonchev–Trinajstić information content (AvgIpc) is 3.07. The number of amides is 1. The molecule has 2 saturated heterocycles. The van der Waals surface area contributed by atoms with Gasteiger partial charge in [0.2, 0.25) is 5.91 Å². The molecule has 0 aliphatic carbocycles. The Morgan fingerprint density at radius 3 is 2.96 bits per heavy atom. The van der Waals surface area contributed by atoms with Gasteiger partial charge < -0.3 is 10.1 Å². The van der Waals surface area contributed by atoms with Crippen LogP contribution in [0.3, 0.4) is 0 Å². The minimum Gasteiger partial charge on any atom is -0.325 e. The van der Waals surface area contributed by atoms with Crippen molar-refractivity contribution in [3.05, 3.63) is 29.8 Å². The first-order chi connectivity index (χ1) is 11.2. The molecule has 2 fully saturated rings. The largest absolute Gasteiger partial charge is 0.325 e. The van der Waals surface area contributed by atoms with E-state index >= 15 is 0 Å². The van der Waals surface area contributed by atoms with Crippen LogP contribution in [0.1, 0.15) is 38.2 Å². The summed E-state index contributed by atoms with van der Waals surface area (Å²) in [7, 11) is 0. The number of hydrogen-bond donors (Lipinski definition) is 1. The molecule has 122 valence electrons. The van der Waals surface area contributed by atoms with Crippen LogP contribution in [0, 0.1) is 11.8 Å². The van der Waals surface area contributed by atoms with E-state index in [9.17, 15) is 9.59 Å². The van der Waals surface area contributed by atoms with Crippen LogP contribution in [-0.2, 0) is 15.0 Å². The van der Waals surface area contributed by atoms with Gasteiger partial charge in [0.1, 0.15) is 6.29 Å². The molecule has 0 aromatic heterocycles. The highest BCUT2D eigenvalue weighted by molar-refractivity contribution is 6.07. The first-order valence-corrected chi connectivity index (χ1v) is 8.79. The van der Waals surface area contributed by atoms with Gasteiger partial charge in [-0.1, -0.05) is 31.5 Å². The summed E-state index contributed by atoms with van der Waals surface area (Å²) in [5.41, 5.74) is 1.73. The van der Waals surface area contributed by atoms with Gasteiger partial charge in [0.15, 0.2) is 0 Å². The number of para-hydroxylation sites is 1. The second-order valence-electron chi connectivity index (χ2n) is 7.30. The molecule has 0 radical (unpaired) electrons. The molecule has 0 bridgehead atoms. The number of fused-ring (bicyclic) bond motifs is 4. The quantitative estimate of drug-likeness (QED) is 0.873. The van der Waals surface area contributed by atoms with Crippen LogP contribution in [0.2, 0.25) is 0 Å². The second-order valence-corrected chi connectivity index (χ2v) is 7.30. The van der Waals surface area contributed by atoms with Crippen LogP contribution in [0.4, 0.5) is 5.69 Å². The standard InChI is InChI=1S/C19H24N2O2/c1-2-13-12-21-9-8-19(17(21)11-14(13)7-10-22)15-5-3-4-6-16(15)20-18(19)23/h3-6,10,13-14,17H,2,7-9,11-12H2,1H3,(H,20,23)/t13-,14-,17-,19+/m0/s1. The second kappa shape index (κ2) is 5.45. The van der Waals surface area contributed by atoms with Gasteiger partial charge in [0, 0.05) is 24.7 Å². The topological polar surface area (TPSA) is 49.4 Å². The zero-order valence-corrected chi connectivity index (χ0v) is 13.6. The molecule has 0 unspecified atom stereocenters. The van der Waals surface area contributed by atoms with Crippen molar-refractivity contribution >= 4 is 17.9 Å². The molecule has 23 heavy (non-hydrogen) atoms. The van der Waals surface area contributed by atoms with E-state index in [2.05, 4.69) is 23.2 Å². The van der Waals surface area contributed by atoms with Gasteiger partial charge in [0.05, 0.1) is 5.41 Å². The first kappa shape index (κ1) is 14.9. The molecule has 3 aliphatic heterocycles. The Morgan fingerprint density at radius 2 is 2.17 bits per heavy atom. The molecule has 0 saturated carbocycles. The Kier molecular flexibility index (Phi) is 3.52. The molecule has 1 N–H and O–H groups in total. The Bertz CT molecular complexity index is 644. The van der Waals surface area contributed by atoms with Crippen molar-refractivity contribution in [2.24, 2.45) is 11.8 Å². The molecular weight excluding hydrogens is 288 g/mol. The number of hydrogen-bond acceptors (Lipinski definition) is 3. The number of nitrogens with one attached hydrogen (secondary N) is 1. The number of nitrogens with zero attached hydrogens (tertiary/aromatic N) is 1. The van der Waals surface area contributed by atoms with Crippen molar-refractivity contribution in [1.29, 1.82) is 0 Å². The van der Waals surface area contributed by atoms with E-state index in [1.807, 2.05) is 18.2 Å². The van der Waals surface area contributed by atoms with E-state index in [1.54, 1.807) is 0 Å². The highest BCUT2D eigenvalue weighted by atomic mass is 16.2. The average molecular weight is 312 g/mol. The zero-order chi connectivity index (χ0) is 16.0. The number of aldehydes is 1. The Hall–Kier alpha value is -1.68. The summed E-state index contributed by atoms with van der Waals surface area (Å²) < 4.78 is 0. The SMILES string of the molecule is CC[C@H]1CN2CC[C@]3(C(=O)Nc4ccccc43)[C@@H]2C[C@@H]1CC=O. The predicted octanol–water partition coefficient (Wildman–Crippen LogP) is 2.59. The lowest BCUT2D eigenvalue weighted by molar-refractivity contribution is -0.122. The Morgan fingerprint density at radius 1 is 1.35 bits per heavy atom. The molecule has 4 atom stereocenters. The lowest BCUT2D eigenvalue weighted by Gasteiger charge is -2.44. The molecule has 4 heteroatoms. The monoisotopic (exact) mass is 312 g/mol. The summed E-state index contributed by atoms with van der Waals surface area (Å²) in [6, 6.07) is 8.36. The van der Waals surface area contributed by atoms with Gasteiger partial charge in [-0.05, 0) is 42.9 Å². The van der Waals surface area contributed by atoms with E-state index in [1.165, 1.54) is 0 Å². The third kappa shape index (κ3) is 2.01. The molecule has 3 heterocycles. The summed E-state index contributed by atoms with van der Waals surface area (Å²) in [5, 5.41) is 3.10. The summed E-state index contributed by atoms with van der Waals surface area (Å²) in [6.45, 7) is 4.22. The van der Waals surface area contributed by atoms with E-state index < -0.39 is 5.41 Å². The molecule has 4 rings (SSSR count). The van der Waals surface area contributed by atoms with E-state index in [0.717, 1.165) is 49.9 Å². The Balaban J connectivity index is 1.72. The van der Waals surface area contributed by atoms with Crippen LogP contribution >= 0.6 is 0 Å². The maximum atomic E-state index is 12.9. The number of rotatable bonds is 3. The minimum absolute atomic E-state index is 0.158. The van der Waals surface area contributed by atoms with Crippen molar-refractivity contribution < 1.29 is 9.59 Å². The van der Waals surface area contributed by atoms with Crippen LogP contribution in [-0.4, -0.2) is 36.2 Å². The van der Waals surface area contributed by atoms with Crippen molar-refractivity contribution in [3.63, 3.8) is 0 Å². The minimum atomic E-state index is -0.406. The summed E-state index contributed by atoms with van der Waals surface area (Å²) >= 11 is 0.